The van der Waals surface area contributed by atoms with E-state index in [1.54, 1.807) is 13.0 Å². The van der Waals surface area contributed by atoms with Gasteiger partial charge >= 0.3 is 6.09 Å². The van der Waals surface area contributed by atoms with E-state index in [1.165, 1.54) is 19.4 Å². The lowest BCUT2D eigenvalue weighted by Gasteiger charge is -2.14. The number of amides is 1. The first kappa shape index (κ1) is 28.1. The lowest BCUT2D eigenvalue weighted by Crippen LogP contribution is -2.37. The van der Waals surface area contributed by atoms with Crippen LogP contribution in [0, 0.1) is 5.82 Å². The summed E-state index contributed by atoms with van der Waals surface area (Å²) in [7, 11) is -2.44. The molecule has 0 aliphatic rings. The van der Waals surface area contributed by atoms with Crippen LogP contribution < -0.4 is 15.4 Å². The number of benzene rings is 1. The molecule has 37 heavy (non-hydrogen) atoms. The van der Waals surface area contributed by atoms with E-state index < -0.39 is 27.3 Å². The number of aromatic amines is 1. The van der Waals surface area contributed by atoms with Crippen molar-refractivity contribution in [2.24, 2.45) is 0 Å². The van der Waals surface area contributed by atoms with Gasteiger partial charge in [-0.2, -0.15) is 0 Å². The van der Waals surface area contributed by atoms with Crippen molar-refractivity contribution < 1.29 is 22.3 Å². The quantitative estimate of drug-likeness (QED) is 0.325. The van der Waals surface area contributed by atoms with Crippen LogP contribution in [0.15, 0.2) is 24.4 Å². The maximum Gasteiger partial charge on any atom is 0.407 e. The van der Waals surface area contributed by atoms with Crippen molar-refractivity contribution in [2.75, 3.05) is 29.9 Å². The molecule has 0 fully saturated rings. The zero-order chi connectivity index (χ0) is 27.5. The summed E-state index contributed by atoms with van der Waals surface area (Å²) in [4.78, 5) is 28.1. The molecule has 0 spiro atoms. The van der Waals surface area contributed by atoms with E-state index >= 15 is 0 Å². The number of ether oxygens (including phenoxy) is 1. The molecule has 11 nitrogen and oxygen atoms in total. The molecule has 2 heterocycles. The fourth-order valence-corrected chi connectivity index (χ4v) is 4.15. The van der Waals surface area contributed by atoms with Crippen LogP contribution in [0.4, 0.5) is 20.8 Å². The van der Waals surface area contributed by atoms with E-state index in [4.69, 9.17) is 11.6 Å². The van der Waals surface area contributed by atoms with Crippen molar-refractivity contribution >= 4 is 39.4 Å². The fraction of sp³-hybridized carbons (Fsp3) is 0.391. The summed E-state index contributed by atoms with van der Waals surface area (Å²) < 4.78 is 45.0. The Morgan fingerprint density at radius 2 is 1.97 bits per heavy atom. The van der Waals surface area contributed by atoms with Crippen molar-refractivity contribution in [1.29, 1.82) is 0 Å². The molecular formula is C23H29ClFN7O4S. The maximum absolute atomic E-state index is 14.6. The van der Waals surface area contributed by atoms with Crippen molar-refractivity contribution in [1.82, 2.24) is 25.3 Å². The standard InChI is InChI=1S/C23H29ClFN7O4S/c1-12(28-22(33)36-5)11-27-21-26-8-7-15(29-21)19-18(30-20(31-19)23(2,3)4)14-9-13(25)10-16(17(14)24)32-37(6,34)35/h7-10,12,32H,11H2,1-6H3,(H,28,33)(H,30,31)(H,26,27,29)/t12-/m0/s1. The molecule has 1 amide bonds. The normalized spacial score (nSPS) is 12.6. The summed E-state index contributed by atoms with van der Waals surface area (Å²) in [6, 6.07) is 3.55. The van der Waals surface area contributed by atoms with Crippen LogP contribution in [0.25, 0.3) is 22.6 Å². The van der Waals surface area contributed by atoms with Crippen LogP contribution in [-0.4, -0.2) is 60.4 Å². The number of rotatable bonds is 8. The van der Waals surface area contributed by atoms with Crippen LogP contribution >= 0.6 is 11.6 Å². The molecule has 0 saturated carbocycles. The third-order valence-corrected chi connectivity index (χ3v) is 6.03. The minimum atomic E-state index is -3.72. The Morgan fingerprint density at radius 1 is 1.27 bits per heavy atom. The van der Waals surface area contributed by atoms with Gasteiger partial charge in [0.05, 0.1) is 41.2 Å². The first-order chi connectivity index (χ1) is 17.2. The Bertz CT molecular complexity index is 1410. The number of carbonyl (C=O) groups excluding carboxylic acids is 1. The predicted octanol–water partition coefficient (Wildman–Crippen LogP) is 4.15. The van der Waals surface area contributed by atoms with Crippen LogP contribution in [0.3, 0.4) is 0 Å². The topological polar surface area (TPSA) is 151 Å². The number of H-pyrrole nitrogens is 1. The Labute approximate surface area is 219 Å². The summed E-state index contributed by atoms with van der Waals surface area (Å²) >= 11 is 6.54. The van der Waals surface area contributed by atoms with E-state index in [0.717, 1.165) is 12.3 Å². The fourth-order valence-electron chi connectivity index (χ4n) is 3.28. The van der Waals surface area contributed by atoms with Gasteiger partial charge in [0.2, 0.25) is 16.0 Å². The number of alkyl carbamates (subject to hydrolysis) is 1. The summed E-state index contributed by atoms with van der Waals surface area (Å²) in [5.74, 6) is 0.159. The monoisotopic (exact) mass is 553 g/mol. The molecule has 200 valence electrons. The Kier molecular flexibility index (Phi) is 8.28. The second-order valence-corrected chi connectivity index (χ2v) is 11.6. The smallest absolute Gasteiger partial charge is 0.407 e. The van der Waals surface area contributed by atoms with Gasteiger partial charge in [0, 0.05) is 29.8 Å². The van der Waals surface area contributed by atoms with Gasteiger partial charge in [-0.25, -0.2) is 32.6 Å². The molecule has 0 aliphatic carbocycles. The second-order valence-electron chi connectivity index (χ2n) is 9.43. The van der Waals surface area contributed by atoms with Crippen LogP contribution in [0.5, 0.6) is 0 Å². The highest BCUT2D eigenvalue weighted by Crippen LogP contribution is 2.40. The number of carbonyl (C=O) groups is 1. The Balaban J connectivity index is 2.07. The largest absolute Gasteiger partial charge is 0.453 e. The molecule has 3 aromatic rings. The highest BCUT2D eigenvalue weighted by Gasteiger charge is 2.26. The molecule has 2 aromatic heterocycles. The number of methoxy groups -OCH3 is 1. The van der Waals surface area contributed by atoms with Gasteiger partial charge in [-0.15, -0.1) is 0 Å². The zero-order valence-corrected chi connectivity index (χ0v) is 22.8. The maximum atomic E-state index is 14.6. The van der Waals surface area contributed by atoms with Gasteiger partial charge in [-0.1, -0.05) is 32.4 Å². The number of nitrogens with one attached hydrogen (secondary N) is 4. The summed E-state index contributed by atoms with van der Waals surface area (Å²) in [5.41, 5.74) is 0.817. The van der Waals surface area contributed by atoms with E-state index in [0.29, 0.717) is 23.8 Å². The van der Waals surface area contributed by atoms with Crippen molar-refractivity contribution in [3.63, 3.8) is 0 Å². The third kappa shape index (κ3) is 7.29. The van der Waals surface area contributed by atoms with Crippen molar-refractivity contribution in [2.45, 2.75) is 39.2 Å². The van der Waals surface area contributed by atoms with Gasteiger partial charge in [0.25, 0.3) is 0 Å². The van der Waals surface area contributed by atoms with Crippen molar-refractivity contribution in [3.8, 4) is 22.6 Å². The third-order valence-electron chi connectivity index (χ3n) is 5.03. The van der Waals surface area contributed by atoms with Gasteiger partial charge in [-0.3, -0.25) is 4.72 Å². The second kappa shape index (κ2) is 10.9. The highest BCUT2D eigenvalue weighted by molar-refractivity contribution is 7.92. The number of halogens is 2. The number of hydrogen-bond donors (Lipinski definition) is 4. The Morgan fingerprint density at radius 3 is 2.59 bits per heavy atom. The molecule has 1 atom stereocenters. The average Bonchev–Trinajstić information content (AvgIpc) is 3.25. The molecule has 3 rings (SSSR count). The first-order valence-electron chi connectivity index (χ1n) is 11.2. The summed E-state index contributed by atoms with van der Waals surface area (Å²) in [6.45, 7) is 7.95. The van der Waals surface area contributed by atoms with Gasteiger partial charge in [0.15, 0.2) is 0 Å². The minimum Gasteiger partial charge on any atom is -0.453 e. The van der Waals surface area contributed by atoms with Crippen molar-refractivity contribution in [3.05, 3.63) is 41.1 Å². The van der Waals surface area contributed by atoms with Gasteiger partial charge in [-0.05, 0) is 25.1 Å². The molecule has 1 aromatic carbocycles. The minimum absolute atomic E-state index is 0.0184. The molecular weight excluding hydrogens is 525 g/mol. The lowest BCUT2D eigenvalue weighted by molar-refractivity contribution is 0.168. The van der Waals surface area contributed by atoms with E-state index in [2.05, 4.69) is 40.0 Å². The summed E-state index contributed by atoms with van der Waals surface area (Å²) in [5, 5.41) is 5.66. The first-order valence-corrected chi connectivity index (χ1v) is 13.4. The SMILES string of the molecule is COC(=O)N[C@@H](C)CNc1nccc(-c2[nH]c(C(C)(C)C)nc2-c2cc(F)cc(NS(C)(=O)=O)c2Cl)n1. The van der Waals surface area contributed by atoms with E-state index in [-0.39, 0.29) is 34.0 Å². The van der Waals surface area contributed by atoms with Gasteiger partial charge < -0.3 is 20.4 Å². The van der Waals surface area contributed by atoms with Crippen LogP contribution in [-0.2, 0) is 20.2 Å². The number of imidazole rings is 1. The number of anilines is 2. The molecule has 0 aliphatic heterocycles. The van der Waals surface area contributed by atoms with Crippen LogP contribution in [0.1, 0.15) is 33.5 Å². The molecule has 0 saturated heterocycles. The molecule has 0 bridgehead atoms. The number of sulfonamides is 1. The van der Waals surface area contributed by atoms with Gasteiger partial charge in [0.1, 0.15) is 11.6 Å². The zero-order valence-electron chi connectivity index (χ0n) is 21.2. The molecule has 14 heteroatoms. The predicted molar refractivity (Wildman–Crippen MR) is 141 cm³/mol. The number of nitrogens with zero attached hydrogens (tertiary/aromatic N) is 3. The molecule has 4 N–H and O–H groups in total. The average molecular weight is 554 g/mol. The lowest BCUT2D eigenvalue weighted by atomic mass is 9.96. The molecule has 0 radical (unpaired) electrons. The van der Waals surface area contributed by atoms with E-state index in [1.807, 2.05) is 20.8 Å². The van der Waals surface area contributed by atoms with Crippen LogP contribution in [0.2, 0.25) is 5.02 Å². The molecule has 0 unspecified atom stereocenters. The highest BCUT2D eigenvalue weighted by atomic mass is 35.5. The summed E-state index contributed by atoms with van der Waals surface area (Å²) in [6.07, 6.45) is 1.93. The number of aromatic nitrogens is 4. The number of hydrogen-bond acceptors (Lipinski definition) is 8. The van der Waals surface area contributed by atoms with E-state index in [9.17, 15) is 17.6 Å². The Hall–Kier alpha value is -3.45.